The van der Waals surface area contributed by atoms with E-state index in [1.165, 1.54) is 6.07 Å². The van der Waals surface area contributed by atoms with Crippen molar-refractivity contribution in [2.75, 3.05) is 0 Å². The van der Waals surface area contributed by atoms with Gasteiger partial charge in [0.25, 0.3) is 0 Å². The predicted molar refractivity (Wildman–Crippen MR) is 105 cm³/mol. The van der Waals surface area contributed by atoms with E-state index >= 15 is 0 Å². The van der Waals surface area contributed by atoms with Gasteiger partial charge in [-0.2, -0.15) is 0 Å². The lowest BCUT2D eigenvalue weighted by molar-refractivity contribution is 0.670. The highest BCUT2D eigenvalue weighted by Crippen LogP contribution is 2.41. The summed E-state index contributed by atoms with van der Waals surface area (Å²) >= 11 is 0. The monoisotopic (exact) mass is 330 g/mol. The Labute approximate surface area is 160 Å². The molecule has 118 valence electrons. The normalized spacial score (nSPS) is 16.8. The summed E-state index contributed by atoms with van der Waals surface area (Å²) in [4.78, 5) is 0. The Balaban J connectivity index is 2.05. The highest BCUT2D eigenvalue weighted by molar-refractivity contribution is 6.12. The van der Waals surface area contributed by atoms with Crippen LogP contribution in [0.15, 0.2) is 101 Å². The molecule has 0 bridgehead atoms. The minimum absolute atomic E-state index is 0.0641. The van der Waals surface area contributed by atoms with E-state index in [0.717, 1.165) is 5.39 Å². The number of hydrogen-bond donors (Lipinski definition) is 0. The smallest absolute Gasteiger partial charge is 0.143 e. The third-order valence-electron chi connectivity index (χ3n) is 4.07. The molecule has 0 spiro atoms. The van der Waals surface area contributed by atoms with Crippen LogP contribution in [0.4, 0.5) is 0 Å². The summed E-state index contributed by atoms with van der Waals surface area (Å²) < 4.78 is 88.6. The average molecular weight is 330 g/mol. The van der Waals surface area contributed by atoms with E-state index in [4.69, 9.17) is 18.1 Å². The summed E-state index contributed by atoms with van der Waals surface area (Å²) in [5.74, 6) is 0. The van der Waals surface area contributed by atoms with Crippen molar-refractivity contribution in [2.24, 2.45) is 0 Å². The third kappa shape index (κ3) is 2.25. The zero-order valence-corrected chi connectivity index (χ0v) is 12.9. The first-order chi connectivity index (χ1) is 16.6. The van der Waals surface area contributed by atoms with Gasteiger partial charge in [-0.1, -0.05) is 84.7 Å². The van der Waals surface area contributed by atoms with Gasteiger partial charge < -0.3 is 4.42 Å². The maximum Gasteiger partial charge on any atom is 0.143 e. The Morgan fingerprint density at radius 2 is 1.32 bits per heavy atom. The molecule has 0 atom stereocenters. The second kappa shape index (κ2) is 5.64. The first kappa shape index (κ1) is 7.28. The molecule has 1 nitrogen and oxygen atoms in total. The molecule has 0 saturated carbocycles. The van der Waals surface area contributed by atoms with Gasteiger partial charge in [-0.15, -0.1) is 0 Å². The molecule has 0 amide bonds. The molecule has 5 aromatic rings. The Morgan fingerprint density at radius 3 is 2.08 bits per heavy atom. The zero-order chi connectivity index (χ0) is 25.3. The second-order valence-corrected chi connectivity index (χ2v) is 5.46. The molecule has 0 aliphatic heterocycles. The highest BCUT2D eigenvalue weighted by Gasteiger charge is 2.16. The van der Waals surface area contributed by atoms with Crippen LogP contribution < -0.4 is 0 Å². The minimum Gasteiger partial charge on any atom is -0.455 e. The Bertz CT molecular complexity index is 1650. The van der Waals surface area contributed by atoms with Crippen molar-refractivity contribution in [3.8, 4) is 22.3 Å². The summed E-state index contributed by atoms with van der Waals surface area (Å²) in [5.41, 5.74) is 0.521. The van der Waals surface area contributed by atoms with E-state index in [2.05, 4.69) is 0 Å². The fourth-order valence-electron chi connectivity index (χ4n) is 3.01. The van der Waals surface area contributed by atoms with E-state index in [0.29, 0.717) is 11.0 Å². The van der Waals surface area contributed by atoms with Gasteiger partial charge in [0.15, 0.2) is 0 Å². The molecule has 0 unspecified atom stereocenters. The fourth-order valence-corrected chi connectivity index (χ4v) is 3.01. The molecule has 5 rings (SSSR count). The van der Waals surface area contributed by atoms with Gasteiger partial charge in [-0.05, 0) is 28.8 Å². The lowest BCUT2D eigenvalue weighted by atomic mass is 9.92. The molecule has 1 heteroatoms. The summed E-state index contributed by atoms with van der Waals surface area (Å²) in [6, 6.07) is 5.10. The fraction of sp³-hybridized carbons (Fsp3) is 0. The highest BCUT2D eigenvalue weighted by atomic mass is 16.3. The summed E-state index contributed by atoms with van der Waals surface area (Å²) in [6.07, 6.45) is 0. The third-order valence-corrected chi connectivity index (χ3v) is 4.07. The second-order valence-electron chi connectivity index (χ2n) is 5.46. The molecule has 0 aliphatic carbocycles. The number of furan rings is 1. The molecule has 0 radical (unpaired) electrons. The molecule has 0 saturated heterocycles. The van der Waals surface area contributed by atoms with Crippen LogP contribution >= 0.6 is 0 Å². The van der Waals surface area contributed by atoms with Crippen LogP contribution in [-0.2, 0) is 0 Å². The quantitative estimate of drug-likeness (QED) is 0.342. The summed E-state index contributed by atoms with van der Waals surface area (Å²) in [5, 5.41) is 1.32. The van der Waals surface area contributed by atoms with Crippen molar-refractivity contribution in [1.29, 1.82) is 0 Å². The maximum absolute atomic E-state index is 8.56. The van der Waals surface area contributed by atoms with E-state index in [1.54, 1.807) is 18.2 Å². The standard InChI is InChI=1S/C24H16O/c1-3-9-17(10-4-1)19-15-16-21-20-13-7-8-14-22(20)25-24(21)23(19)18-11-5-2-6-12-18/h1-16H/i1D,2D,3D,4D,5D,6D,9D,10D,11D,12D. The Kier molecular flexibility index (Phi) is 1.64. The van der Waals surface area contributed by atoms with Crippen molar-refractivity contribution in [1.82, 2.24) is 0 Å². The number of para-hydroxylation sites is 1. The van der Waals surface area contributed by atoms with Gasteiger partial charge in [-0.3, -0.25) is 0 Å². The van der Waals surface area contributed by atoms with E-state index < -0.39 is 60.4 Å². The molecule has 25 heavy (non-hydrogen) atoms. The SMILES string of the molecule is [2H]c1c([2H])c([2H])c(-c2ccc3c(oc4ccccc43)c2-c2c([2H])c([2H])c([2H])c([2H])c2[2H])c([2H])c1[2H]. The molecule has 1 aromatic heterocycles. The lowest BCUT2D eigenvalue weighted by Gasteiger charge is -2.11. The van der Waals surface area contributed by atoms with E-state index in [-0.39, 0.29) is 27.8 Å². The van der Waals surface area contributed by atoms with Crippen LogP contribution in [0.5, 0.6) is 0 Å². The van der Waals surface area contributed by atoms with Gasteiger partial charge in [0, 0.05) is 16.3 Å². The topological polar surface area (TPSA) is 13.1 Å². The largest absolute Gasteiger partial charge is 0.455 e. The van der Waals surface area contributed by atoms with Crippen LogP contribution in [0.3, 0.4) is 0 Å². The van der Waals surface area contributed by atoms with Gasteiger partial charge in [0.1, 0.15) is 11.2 Å². The first-order valence-electron chi connectivity index (χ1n) is 12.6. The first-order valence-corrected chi connectivity index (χ1v) is 7.65. The lowest BCUT2D eigenvalue weighted by Crippen LogP contribution is -1.86. The van der Waals surface area contributed by atoms with Gasteiger partial charge in [-0.25, -0.2) is 0 Å². The number of fused-ring (bicyclic) bond motifs is 3. The van der Waals surface area contributed by atoms with Crippen LogP contribution in [0.25, 0.3) is 44.2 Å². The molecular formula is C24H16O. The maximum atomic E-state index is 8.56. The zero-order valence-electron chi connectivity index (χ0n) is 22.9. The summed E-state index contributed by atoms with van der Waals surface area (Å²) in [6.45, 7) is 0. The number of rotatable bonds is 2. The molecule has 0 aliphatic rings. The Hall–Kier alpha value is -3.32. The van der Waals surface area contributed by atoms with Crippen molar-refractivity contribution >= 4 is 21.9 Å². The van der Waals surface area contributed by atoms with Crippen molar-refractivity contribution < 1.29 is 18.1 Å². The van der Waals surface area contributed by atoms with Crippen LogP contribution in [0.1, 0.15) is 13.7 Å². The van der Waals surface area contributed by atoms with Crippen molar-refractivity contribution in [2.45, 2.75) is 0 Å². The average Bonchev–Trinajstić information content (AvgIpc) is 3.23. The number of benzene rings is 4. The molecular weight excluding hydrogens is 304 g/mol. The molecule has 1 heterocycles. The van der Waals surface area contributed by atoms with Crippen molar-refractivity contribution in [3.63, 3.8) is 0 Å². The van der Waals surface area contributed by atoms with Crippen molar-refractivity contribution in [3.05, 3.63) is 96.8 Å². The van der Waals surface area contributed by atoms with Crippen LogP contribution in [0.2, 0.25) is 0 Å². The molecule has 4 aromatic carbocycles. The summed E-state index contributed by atoms with van der Waals surface area (Å²) in [7, 11) is 0. The van der Waals surface area contributed by atoms with Gasteiger partial charge >= 0.3 is 0 Å². The Morgan fingerprint density at radius 1 is 0.640 bits per heavy atom. The molecule has 0 fully saturated rings. The van der Waals surface area contributed by atoms with Crippen LogP contribution in [-0.4, -0.2) is 0 Å². The molecule has 0 N–H and O–H groups in total. The van der Waals surface area contributed by atoms with Gasteiger partial charge in [0.05, 0.1) is 13.7 Å². The van der Waals surface area contributed by atoms with E-state index in [9.17, 15) is 0 Å². The predicted octanol–water partition coefficient (Wildman–Crippen LogP) is 6.92. The van der Waals surface area contributed by atoms with Crippen LogP contribution in [0, 0.1) is 0 Å². The minimum atomic E-state index is -0.565. The van der Waals surface area contributed by atoms with Gasteiger partial charge in [0.2, 0.25) is 0 Å². The van der Waals surface area contributed by atoms with E-state index in [1.807, 2.05) is 12.1 Å². The number of hydrogen-bond acceptors (Lipinski definition) is 1.